The molecule has 11 heteroatoms. The number of nitrogens with one attached hydrogen (secondary N) is 1. The third-order valence-corrected chi connectivity index (χ3v) is 5.93. The molecule has 0 radical (unpaired) electrons. The number of hydrogen-bond donors (Lipinski definition) is 2. The molecule has 8 nitrogen and oxygen atoms in total. The second-order valence-electron chi connectivity index (χ2n) is 6.96. The Bertz CT molecular complexity index is 1130. The largest absolute Gasteiger partial charge is 0.464 e. The molecule has 1 fully saturated rings. The van der Waals surface area contributed by atoms with Crippen molar-refractivity contribution in [3.05, 3.63) is 57.0 Å². The highest BCUT2D eigenvalue weighted by Crippen LogP contribution is 2.52. The summed E-state index contributed by atoms with van der Waals surface area (Å²) < 4.78 is 32.1. The summed E-state index contributed by atoms with van der Waals surface area (Å²) in [4.78, 5) is 42.8. The molecule has 3 atom stereocenters. The molecule has 0 bridgehead atoms. The number of aromatic nitrogens is 2. The highest BCUT2D eigenvalue weighted by Gasteiger charge is 2.58. The highest BCUT2D eigenvalue weighted by molar-refractivity contribution is 7.98. The Balaban J connectivity index is 1.88. The van der Waals surface area contributed by atoms with E-state index in [0.717, 1.165) is 17.8 Å². The van der Waals surface area contributed by atoms with Gasteiger partial charge in [-0.3, -0.25) is 4.79 Å². The fourth-order valence-electron chi connectivity index (χ4n) is 3.29. The number of esters is 1. The van der Waals surface area contributed by atoms with E-state index in [4.69, 9.17) is 10.5 Å². The lowest BCUT2D eigenvalue weighted by Gasteiger charge is -2.21. The Labute approximate surface area is 179 Å². The molecule has 0 saturated heterocycles. The molecule has 1 aliphatic rings. The van der Waals surface area contributed by atoms with Gasteiger partial charge in [0.2, 0.25) is 0 Å². The Morgan fingerprint density at radius 2 is 2.26 bits per heavy atom. The van der Waals surface area contributed by atoms with Crippen LogP contribution in [-0.2, 0) is 20.1 Å². The molecule has 0 spiro atoms. The quantitative estimate of drug-likeness (QED) is 0.205. The molecule has 3 N–H and O–H groups in total. The SMILES string of the molecule is CCOC(=O)C(N)(C=O)C1CC1c1nc(SCc2cccc(F)c2F)[nH]c(=O)c1C#N. The number of aromatic amines is 1. The number of nitriles is 1. The van der Waals surface area contributed by atoms with Gasteiger partial charge < -0.3 is 20.2 Å². The molecule has 1 aromatic heterocycles. The summed E-state index contributed by atoms with van der Waals surface area (Å²) >= 11 is 0.943. The number of carbonyl (C=O) groups excluding carboxylic acids is 2. The van der Waals surface area contributed by atoms with E-state index in [0.29, 0.717) is 6.29 Å². The maximum Gasteiger partial charge on any atom is 0.333 e. The van der Waals surface area contributed by atoms with Gasteiger partial charge in [-0.1, -0.05) is 23.9 Å². The maximum atomic E-state index is 13.9. The molecule has 1 saturated carbocycles. The molecule has 2 aromatic rings. The van der Waals surface area contributed by atoms with Gasteiger partial charge in [-0.05, 0) is 19.4 Å². The lowest BCUT2D eigenvalue weighted by Crippen LogP contribution is -2.53. The second kappa shape index (κ2) is 8.95. The minimum Gasteiger partial charge on any atom is -0.464 e. The summed E-state index contributed by atoms with van der Waals surface area (Å²) in [7, 11) is 0. The van der Waals surface area contributed by atoms with E-state index in [1.165, 1.54) is 12.1 Å². The van der Waals surface area contributed by atoms with E-state index in [-0.39, 0.29) is 40.8 Å². The Kier molecular flexibility index (Phi) is 6.52. The third-order valence-electron chi connectivity index (χ3n) is 5.01. The van der Waals surface area contributed by atoms with Crippen molar-refractivity contribution in [1.29, 1.82) is 5.26 Å². The van der Waals surface area contributed by atoms with Crippen molar-refractivity contribution >= 4 is 24.0 Å². The first-order valence-corrected chi connectivity index (χ1v) is 10.3. The van der Waals surface area contributed by atoms with E-state index in [1.54, 1.807) is 13.0 Å². The first-order valence-electron chi connectivity index (χ1n) is 9.29. The number of nitrogens with zero attached hydrogens (tertiary/aromatic N) is 2. The van der Waals surface area contributed by atoms with Crippen LogP contribution in [0.3, 0.4) is 0 Å². The van der Waals surface area contributed by atoms with E-state index < -0.39 is 40.5 Å². The number of hydrogen-bond acceptors (Lipinski definition) is 8. The predicted octanol–water partition coefficient (Wildman–Crippen LogP) is 1.78. The van der Waals surface area contributed by atoms with E-state index in [1.807, 2.05) is 0 Å². The number of halogens is 2. The number of aldehydes is 1. The van der Waals surface area contributed by atoms with Crippen LogP contribution in [0.5, 0.6) is 0 Å². The Hall–Kier alpha value is -3.10. The van der Waals surface area contributed by atoms with Crippen molar-refractivity contribution in [3.8, 4) is 6.07 Å². The third kappa shape index (κ3) is 4.35. The number of rotatable bonds is 8. The molecule has 162 valence electrons. The van der Waals surface area contributed by atoms with Crippen molar-refractivity contribution in [3.63, 3.8) is 0 Å². The lowest BCUT2D eigenvalue weighted by atomic mass is 9.93. The summed E-state index contributed by atoms with van der Waals surface area (Å²) in [6.45, 7) is 1.61. The molecule has 3 unspecified atom stereocenters. The maximum absolute atomic E-state index is 13.9. The zero-order chi connectivity index (χ0) is 22.8. The highest BCUT2D eigenvalue weighted by atomic mass is 32.2. The summed E-state index contributed by atoms with van der Waals surface area (Å²) in [5, 5.41) is 9.46. The summed E-state index contributed by atoms with van der Waals surface area (Å²) in [6, 6.07) is 5.53. The topological polar surface area (TPSA) is 139 Å². The molecule has 1 heterocycles. The molecule has 0 amide bonds. The van der Waals surface area contributed by atoms with Crippen LogP contribution in [0.1, 0.15) is 36.1 Å². The van der Waals surface area contributed by atoms with Gasteiger partial charge in [0, 0.05) is 23.2 Å². The molecular weight excluding hydrogens is 430 g/mol. The minimum absolute atomic E-state index is 0.0239. The summed E-state index contributed by atoms with van der Waals surface area (Å²) in [5.41, 5.74) is 3.25. The van der Waals surface area contributed by atoms with Crippen LogP contribution >= 0.6 is 11.8 Å². The van der Waals surface area contributed by atoms with E-state index in [9.17, 15) is 28.4 Å². The van der Waals surface area contributed by atoms with Gasteiger partial charge in [-0.25, -0.2) is 18.6 Å². The average molecular weight is 448 g/mol. The number of ether oxygens (including phenoxy) is 1. The van der Waals surface area contributed by atoms with Crippen LogP contribution in [0.25, 0.3) is 0 Å². The van der Waals surface area contributed by atoms with Gasteiger partial charge in [0.05, 0.1) is 12.3 Å². The van der Waals surface area contributed by atoms with Gasteiger partial charge in [-0.15, -0.1) is 0 Å². The first kappa shape index (κ1) is 22.6. The zero-order valence-electron chi connectivity index (χ0n) is 16.4. The molecular formula is C20H18F2N4O4S. The van der Waals surface area contributed by atoms with Crippen LogP contribution in [0, 0.1) is 28.9 Å². The summed E-state index contributed by atoms with van der Waals surface area (Å²) in [5.74, 6) is -4.18. The Morgan fingerprint density at radius 1 is 1.52 bits per heavy atom. The van der Waals surface area contributed by atoms with E-state index in [2.05, 4.69) is 9.97 Å². The van der Waals surface area contributed by atoms with Crippen LogP contribution in [-0.4, -0.2) is 34.4 Å². The number of thioether (sulfide) groups is 1. The van der Waals surface area contributed by atoms with Crippen molar-refractivity contribution in [2.45, 2.75) is 35.7 Å². The smallest absolute Gasteiger partial charge is 0.333 e. The van der Waals surface area contributed by atoms with Gasteiger partial charge in [0.1, 0.15) is 11.6 Å². The molecule has 3 rings (SSSR count). The van der Waals surface area contributed by atoms with E-state index >= 15 is 0 Å². The standard InChI is InChI=1S/C20H18F2N4O4S/c1-2-30-18(29)20(24,9-27)13-6-11(13)16-12(7-23)17(28)26-19(25-16)31-8-10-4-3-5-14(21)15(10)22/h3-5,9,11,13H,2,6,8,24H2,1H3,(H,25,26,28). The number of carbonyl (C=O) groups is 2. The van der Waals surface area contributed by atoms with Gasteiger partial charge in [-0.2, -0.15) is 5.26 Å². The molecule has 1 aromatic carbocycles. The molecule has 0 aliphatic heterocycles. The fourth-order valence-corrected chi connectivity index (χ4v) is 4.13. The zero-order valence-corrected chi connectivity index (χ0v) is 17.2. The Morgan fingerprint density at radius 3 is 2.90 bits per heavy atom. The molecule has 31 heavy (non-hydrogen) atoms. The monoisotopic (exact) mass is 448 g/mol. The van der Waals surface area contributed by atoms with Crippen LogP contribution in [0.2, 0.25) is 0 Å². The van der Waals surface area contributed by atoms with Crippen LogP contribution in [0.4, 0.5) is 8.78 Å². The minimum atomic E-state index is -1.92. The van der Waals surface area contributed by atoms with Crippen molar-refractivity contribution in [2.75, 3.05) is 6.61 Å². The number of H-pyrrole nitrogens is 1. The number of benzene rings is 1. The first-order chi connectivity index (χ1) is 14.8. The van der Waals surface area contributed by atoms with Gasteiger partial charge in [0.25, 0.3) is 5.56 Å². The number of nitrogens with two attached hydrogens (primary N) is 1. The molecule has 1 aliphatic carbocycles. The normalized spacial score (nSPS) is 19.2. The predicted molar refractivity (Wildman–Crippen MR) is 106 cm³/mol. The van der Waals surface area contributed by atoms with Crippen LogP contribution in [0.15, 0.2) is 28.2 Å². The second-order valence-corrected chi connectivity index (χ2v) is 7.93. The summed E-state index contributed by atoms with van der Waals surface area (Å²) in [6.07, 6.45) is 0.555. The van der Waals surface area contributed by atoms with Gasteiger partial charge in [0.15, 0.2) is 28.6 Å². The van der Waals surface area contributed by atoms with Crippen molar-refractivity contribution in [2.24, 2.45) is 11.7 Å². The van der Waals surface area contributed by atoms with Crippen molar-refractivity contribution in [1.82, 2.24) is 9.97 Å². The average Bonchev–Trinajstić information content (AvgIpc) is 3.55. The fraction of sp³-hybridized carbons (Fsp3) is 0.350. The van der Waals surface area contributed by atoms with Crippen molar-refractivity contribution < 1.29 is 23.1 Å². The van der Waals surface area contributed by atoms with Gasteiger partial charge >= 0.3 is 5.97 Å². The lowest BCUT2D eigenvalue weighted by molar-refractivity contribution is -0.152. The van der Waals surface area contributed by atoms with Crippen LogP contribution < -0.4 is 11.3 Å².